The molecule has 3 unspecified atom stereocenters. The number of rotatable bonds is 6. The zero-order valence-electron chi connectivity index (χ0n) is 19.6. The van der Waals surface area contributed by atoms with Crippen LogP contribution in [-0.4, -0.2) is 68.9 Å². The number of fused-ring (bicyclic) bond motifs is 2. The van der Waals surface area contributed by atoms with Gasteiger partial charge in [-0.1, -0.05) is 0 Å². The summed E-state index contributed by atoms with van der Waals surface area (Å²) in [5.74, 6) is 0.396. The van der Waals surface area contributed by atoms with E-state index in [2.05, 4.69) is 15.7 Å². The maximum absolute atomic E-state index is 13.0. The van der Waals surface area contributed by atoms with Crippen LogP contribution in [0.4, 0.5) is 5.82 Å². The molecule has 1 aliphatic heterocycles. The van der Waals surface area contributed by atoms with Crippen LogP contribution in [0.25, 0.3) is 27.9 Å². The largest absolute Gasteiger partial charge is 0.391 e. The van der Waals surface area contributed by atoms with Crippen LogP contribution >= 0.6 is 0 Å². The number of aryl methyl sites for hydroxylation is 1. The number of aliphatic hydroxyl groups is 1. The van der Waals surface area contributed by atoms with Crippen molar-refractivity contribution < 1.29 is 24.0 Å². The van der Waals surface area contributed by atoms with Crippen LogP contribution in [0.3, 0.4) is 0 Å². The minimum absolute atomic E-state index is 0.0195. The van der Waals surface area contributed by atoms with E-state index in [0.29, 0.717) is 42.4 Å². The first kappa shape index (κ1) is 21.8. The number of nitrogens with zero attached hydrogens (tertiary/aromatic N) is 5. The molecule has 1 saturated heterocycles. The molecule has 3 N–H and O–H groups in total. The molecule has 0 radical (unpaired) electrons. The van der Waals surface area contributed by atoms with E-state index < -0.39 is 6.10 Å². The highest BCUT2D eigenvalue weighted by Crippen LogP contribution is 2.31. The lowest BCUT2D eigenvalue weighted by Gasteiger charge is -2.32. The number of hydrogen-bond donors (Lipinski definition) is 3. The number of carbonyl (C=O) groups is 1. The lowest BCUT2D eigenvalue weighted by Crippen LogP contribution is -2.50. The van der Waals surface area contributed by atoms with Crippen molar-refractivity contribution in [3.63, 3.8) is 0 Å². The van der Waals surface area contributed by atoms with Gasteiger partial charge in [0.25, 0.3) is 5.91 Å². The Kier molecular flexibility index (Phi) is 5.30. The van der Waals surface area contributed by atoms with Crippen molar-refractivity contribution in [1.82, 2.24) is 24.6 Å². The van der Waals surface area contributed by atoms with E-state index in [0.717, 1.165) is 29.4 Å². The van der Waals surface area contributed by atoms with Gasteiger partial charge < -0.3 is 25.3 Å². The van der Waals surface area contributed by atoms with Crippen LogP contribution < -0.4 is 20.0 Å². The average molecular weight is 479 g/mol. The first-order valence-electron chi connectivity index (χ1n) is 11.8. The quantitative estimate of drug-likeness (QED) is 0.349. The topological polar surface area (TPSA) is 119 Å². The van der Waals surface area contributed by atoms with Crippen LogP contribution in [0.5, 0.6) is 0 Å². The first-order valence-corrected chi connectivity index (χ1v) is 11.8. The maximum atomic E-state index is 13.0. The summed E-state index contributed by atoms with van der Waals surface area (Å²) in [5.41, 5.74) is 3.24. The van der Waals surface area contributed by atoms with E-state index >= 15 is 0 Å². The number of hydrogen-bond acceptors (Lipinski definition) is 7. The van der Waals surface area contributed by atoms with Crippen LogP contribution in [0.15, 0.2) is 36.8 Å². The normalized spacial score (nSPS) is 21.9. The maximum Gasteiger partial charge on any atom is 0.328 e. The van der Waals surface area contributed by atoms with Gasteiger partial charge in [-0.25, -0.2) is 9.55 Å². The third-order valence-electron chi connectivity index (χ3n) is 6.85. The molecule has 6 rings (SSSR count). The smallest absolute Gasteiger partial charge is 0.328 e. The lowest BCUT2D eigenvalue weighted by molar-refractivity contribution is -0.649. The predicted molar refractivity (Wildman–Crippen MR) is 127 cm³/mol. The zero-order chi connectivity index (χ0) is 24.1. The van der Waals surface area contributed by atoms with Crippen molar-refractivity contribution in [3.05, 3.63) is 42.4 Å². The van der Waals surface area contributed by atoms with Crippen molar-refractivity contribution in [1.29, 1.82) is 0 Å². The molecule has 2 aliphatic rings. The van der Waals surface area contributed by atoms with Gasteiger partial charge in [-0.05, 0) is 29.7 Å². The molecule has 1 saturated carbocycles. The summed E-state index contributed by atoms with van der Waals surface area (Å²) in [4.78, 5) is 24.1. The number of ether oxygens (including phenoxy) is 1. The third-order valence-corrected chi connectivity index (χ3v) is 6.85. The predicted octanol–water partition coefficient (Wildman–Crippen LogP) is 0.688. The Morgan fingerprint density at radius 2 is 2.23 bits per heavy atom. The monoisotopic (exact) mass is 478 g/mol. The average Bonchev–Trinajstić information content (AvgIpc) is 3.60. The van der Waals surface area contributed by atoms with Gasteiger partial charge in [-0.2, -0.15) is 9.61 Å². The second-order valence-corrected chi connectivity index (χ2v) is 9.11. The van der Waals surface area contributed by atoms with Gasteiger partial charge in [0, 0.05) is 19.5 Å². The van der Waals surface area contributed by atoms with Crippen molar-refractivity contribution >= 4 is 28.4 Å². The molecule has 182 valence electrons. The van der Waals surface area contributed by atoms with Gasteiger partial charge in [-0.3, -0.25) is 4.79 Å². The van der Waals surface area contributed by atoms with Gasteiger partial charge in [0.1, 0.15) is 17.6 Å². The Hall–Kier alpha value is -3.70. The van der Waals surface area contributed by atoms with Crippen LogP contribution in [0.2, 0.25) is 0 Å². The fraction of sp³-hybridized carbons (Fsp3) is 0.417. The molecule has 4 aromatic rings. The van der Waals surface area contributed by atoms with E-state index in [4.69, 9.17) is 14.6 Å². The van der Waals surface area contributed by atoms with Crippen molar-refractivity contribution in [3.8, 4) is 11.3 Å². The molecular weight excluding hydrogens is 450 g/mol. The molecule has 5 heterocycles. The molecule has 2 fully saturated rings. The van der Waals surface area contributed by atoms with Crippen LogP contribution in [0.1, 0.15) is 29.6 Å². The molecule has 11 heteroatoms. The summed E-state index contributed by atoms with van der Waals surface area (Å²) in [7, 11) is 3.78. The van der Waals surface area contributed by atoms with E-state index in [1.54, 1.807) is 16.3 Å². The number of aromatic nitrogens is 5. The number of carbonyl (C=O) groups excluding carboxylic acids is 1. The third kappa shape index (κ3) is 3.67. The fourth-order valence-corrected chi connectivity index (χ4v) is 4.71. The highest BCUT2D eigenvalue weighted by atomic mass is 16.7. The number of aliphatic hydroxyl groups excluding tert-OH is 1. The van der Waals surface area contributed by atoms with Gasteiger partial charge in [0.2, 0.25) is 0 Å². The summed E-state index contributed by atoms with van der Waals surface area (Å²) in [6, 6.07) is 5.68. The summed E-state index contributed by atoms with van der Waals surface area (Å²) < 4.78 is 10.9. The minimum Gasteiger partial charge on any atom is -0.391 e. The first-order chi connectivity index (χ1) is 17.0. The lowest BCUT2D eigenvalue weighted by atomic mass is 9.89. The Morgan fingerprint density at radius 3 is 2.94 bits per heavy atom. The number of nitrogens with one attached hydrogen (secondary N) is 2. The molecule has 11 nitrogen and oxygen atoms in total. The van der Waals surface area contributed by atoms with E-state index in [1.165, 1.54) is 6.20 Å². The zero-order valence-corrected chi connectivity index (χ0v) is 19.6. The van der Waals surface area contributed by atoms with E-state index in [1.807, 2.05) is 42.2 Å². The van der Waals surface area contributed by atoms with Crippen molar-refractivity contribution in [2.24, 2.45) is 7.05 Å². The molecule has 35 heavy (non-hydrogen) atoms. The van der Waals surface area contributed by atoms with Gasteiger partial charge in [-0.15, -0.1) is 0 Å². The molecule has 4 aromatic heterocycles. The molecule has 1 amide bonds. The Morgan fingerprint density at radius 1 is 1.34 bits per heavy atom. The summed E-state index contributed by atoms with van der Waals surface area (Å²) >= 11 is 0. The van der Waals surface area contributed by atoms with Crippen molar-refractivity contribution in [2.45, 2.75) is 37.5 Å². The highest BCUT2D eigenvalue weighted by Gasteiger charge is 2.32. The molecular formula is C24H28N7O4+. The molecule has 3 atom stereocenters. The standard InChI is InChI=1S/C24H27N7O4/c1-25-21-10-19(27-22-16(11-26-31(21)22)23(33)28-18-5-6-20(18)32)17-12-30(35-14-7-9-34-13-14)24-15(17)4-3-8-29(24)2/h3-4,8,10-12,14,18,20,32H,5-7,9,13H2,1-2H3,(H-,25,26,27,28,33)/p+1. The second-order valence-electron chi connectivity index (χ2n) is 9.11. The second kappa shape index (κ2) is 8.51. The Labute approximate surface area is 201 Å². The van der Waals surface area contributed by atoms with Gasteiger partial charge in [0.05, 0.1) is 61.4 Å². The molecule has 0 spiro atoms. The van der Waals surface area contributed by atoms with Crippen LogP contribution in [-0.2, 0) is 11.8 Å². The molecule has 0 bridgehead atoms. The summed E-state index contributed by atoms with van der Waals surface area (Å²) in [6.45, 7) is 1.25. The van der Waals surface area contributed by atoms with Crippen molar-refractivity contribution in [2.75, 3.05) is 25.6 Å². The Bertz CT molecular complexity index is 1420. The number of anilines is 1. The van der Waals surface area contributed by atoms with E-state index in [9.17, 15) is 9.90 Å². The fourth-order valence-electron chi connectivity index (χ4n) is 4.71. The number of pyridine rings is 1. The van der Waals surface area contributed by atoms with Gasteiger partial charge in [0.15, 0.2) is 11.8 Å². The number of amides is 1. The highest BCUT2D eigenvalue weighted by molar-refractivity contribution is 6.01. The Balaban J connectivity index is 1.46. The minimum atomic E-state index is -0.505. The van der Waals surface area contributed by atoms with Gasteiger partial charge >= 0.3 is 5.65 Å². The summed E-state index contributed by atoms with van der Waals surface area (Å²) in [6.07, 6.45) is 7.19. The molecule has 0 aromatic carbocycles. The molecule has 1 aliphatic carbocycles. The van der Waals surface area contributed by atoms with Crippen LogP contribution in [0, 0.1) is 0 Å². The summed E-state index contributed by atoms with van der Waals surface area (Å²) in [5, 5.41) is 21.3. The SMILES string of the molecule is CNc1cc(-c2cn(OC3CCOC3)c3c2ccc[n+]3C)nc2c(C(=O)NC3CCC3O)cnn12. The van der Waals surface area contributed by atoms with E-state index in [-0.39, 0.29) is 18.1 Å².